The van der Waals surface area contributed by atoms with E-state index in [4.69, 9.17) is 5.11 Å². The number of alkyl halides is 3. The molecule has 70 valence electrons. The molecule has 1 atom stereocenters. The Morgan fingerprint density at radius 3 is 2.33 bits per heavy atom. The van der Waals surface area contributed by atoms with Crippen molar-refractivity contribution < 1.29 is 23.1 Å². The van der Waals surface area contributed by atoms with Gasteiger partial charge in [-0.25, -0.2) is 0 Å². The smallest absolute Gasteiger partial charge is 0.389 e. The molecule has 0 bridgehead atoms. The molecule has 0 spiro atoms. The zero-order chi connectivity index (χ0) is 9.78. The fourth-order valence-electron chi connectivity index (χ4n) is 0.752. The van der Waals surface area contributed by atoms with Crippen LogP contribution in [-0.2, 0) is 4.79 Å². The van der Waals surface area contributed by atoms with Crippen LogP contribution in [0.15, 0.2) is 12.7 Å². The van der Waals surface area contributed by atoms with E-state index in [1.165, 1.54) is 6.08 Å². The fraction of sp³-hybridized carbons (Fsp3) is 0.571. The molecule has 0 saturated heterocycles. The van der Waals surface area contributed by atoms with Crippen LogP contribution in [-0.4, -0.2) is 17.3 Å². The standard InChI is InChI=1S/C7H9F3O2/c1-2-3-5(6(11)12)4-7(8,9)10/h2,5H,1,3-4H2,(H,11,12). The molecule has 12 heavy (non-hydrogen) atoms. The third-order valence-electron chi connectivity index (χ3n) is 1.28. The molecule has 0 aromatic heterocycles. The zero-order valence-corrected chi connectivity index (χ0v) is 6.27. The molecule has 0 saturated carbocycles. The highest BCUT2D eigenvalue weighted by Crippen LogP contribution is 2.26. The average Bonchev–Trinajstić information content (AvgIpc) is 1.83. The van der Waals surface area contributed by atoms with Gasteiger partial charge < -0.3 is 5.11 Å². The maximum absolute atomic E-state index is 11.7. The van der Waals surface area contributed by atoms with Crippen molar-refractivity contribution in [1.82, 2.24) is 0 Å². The number of rotatable bonds is 4. The van der Waals surface area contributed by atoms with Crippen LogP contribution >= 0.6 is 0 Å². The summed E-state index contributed by atoms with van der Waals surface area (Å²) in [6.07, 6.45) is -4.71. The molecular formula is C7H9F3O2. The first kappa shape index (κ1) is 11.0. The minimum absolute atomic E-state index is 0.158. The topological polar surface area (TPSA) is 37.3 Å². The van der Waals surface area contributed by atoms with Gasteiger partial charge in [-0.1, -0.05) is 6.08 Å². The Balaban J connectivity index is 4.13. The lowest BCUT2D eigenvalue weighted by molar-refractivity contribution is -0.163. The largest absolute Gasteiger partial charge is 0.481 e. The first-order chi connectivity index (χ1) is 5.37. The lowest BCUT2D eigenvalue weighted by Crippen LogP contribution is -2.21. The van der Waals surface area contributed by atoms with Crippen LogP contribution in [0.3, 0.4) is 0 Å². The number of carboxylic acids is 1. The molecule has 0 rings (SSSR count). The number of hydrogen-bond acceptors (Lipinski definition) is 1. The highest BCUT2D eigenvalue weighted by atomic mass is 19.4. The average molecular weight is 182 g/mol. The Hall–Kier alpha value is -1.00. The maximum Gasteiger partial charge on any atom is 0.389 e. The lowest BCUT2D eigenvalue weighted by Gasteiger charge is -2.11. The summed E-state index contributed by atoms with van der Waals surface area (Å²) in [5, 5.41) is 8.32. The first-order valence-corrected chi connectivity index (χ1v) is 3.27. The minimum atomic E-state index is -4.42. The first-order valence-electron chi connectivity index (χ1n) is 3.27. The Labute approximate surface area is 67.7 Å². The van der Waals surface area contributed by atoms with Crippen LogP contribution in [0.5, 0.6) is 0 Å². The second-order valence-electron chi connectivity index (χ2n) is 2.38. The van der Waals surface area contributed by atoms with Crippen molar-refractivity contribution in [3.63, 3.8) is 0 Å². The van der Waals surface area contributed by atoms with E-state index in [1.807, 2.05) is 0 Å². The molecule has 0 heterocycles. The van der Waals surface area contributed by atoms with Crippen LogP contribution < -0.4 is 0 Å². The summed E-state index contributed by atoms with van der Waals surface area (Å²) < 4.78 is 35.1. The van der Waals surface area contributed by atoms with Gasteiger partial charge in [-0.15, -0.1) is 6.58 Å². The van der Waals surface area contributed by atoms with Crippen molar-refractivity contribution in [3.05, 3.63) is 12.7 Å². The summed E-state index contributed by atoms with van der Waals surface area (Å²) in [5.41, 5.74) is 0. The van der Waals surface area contributed by atoms with Gasteiger partial charge in [0.05, 0.1) is 12.3 Å². The Kier molecular flexibility index (Phi) is 3.79. The van der Waals surface area contributed by atoms with Crippen LogP contribution in [0.1, 0.15) is 12.8 Å². The molecule has 1 N–H and O–H groups in total. The molecule has 0 fully saturated rings. The molecule has 0 amide bonds. The molecular weight excluding hydrogens is 173 g/mol. The molecule has 2 nitrogen and oxygen atoms in total. The molecule has 5 heteroatoms. The Bertz CT molecular complexity index is 174. The van der Waals surface area contributed by atoms with E-state index in [2.05, 4.69) is 6.58 Å². The maximum atomic E-state index is 11.7. The van der Waals surface area contributed by atoms with Gasteiger partial charge in [0.2, 0.25) is 0 Å². The van der Waals surface area contributed by atoms with Crippen molar-refractivity contribution in [2.75, 3.05) is 0 Å². The molecule has 0 aromatic carbocycles. The second-order valence-corrected chi connectivity index (χ2v) is 2.38. The van der Waals surface area contributed by atoms with Gasteiger partial charge in [-0.2, -0.15) is 13.2 Å². The number of allylic oxidation sites excluding steroid dienone is 1. The summed E-state index contributed by atoms with van der Waals surface area (Å²) in [6, 6.07) is 0. The molecule has 0 aliphatic heterocycles. The second kappa shape index (κ2) is 4.13. The van der Waals surface area contributed by atoms with Gasteiger partial charge in [-0.05, 0) is 6.42 Å². The van der Waals surface area contributed by atoms with Crippen molar-refractivity contribution in [2.24, 2.45) is 5.92 Å². The number of halogens is 3. The summed E-state index contributed by atoms with van der Waals surface area (Å²) in [6.45, 7) is 3.18. The van der Waals surface area contributed by atoms with E-state index in [0.29, 0.717) is 0 Å². The highest BCUT2D eigenvalue weighted by molar-refractivity contribution is 5.70. The monoisotopic (exact) mass is 182 g/mol. The van der Waals surface area contributed by atoms with Crippen LogP contribution in [0.2, 0.25) is 0 Å². The third-order valence-corrected chi connectivity index (χ3v) is 1.28. The van der Waals surface area contributed by atoms with Crippen molar-refractivity contribution in [2.45, 2.75) is 19.0 Å². The third kappa shape index (κ3) is 4.76. The van der Waals surface area contributed by atoms with Crippen LogP contribution in [0, 0.1) is 5.92 Å². The zero-order valence-electron chi connectivity index (χ0n) is 6.27. The van der Waals surface area contributed by atoms with Gasteiger partial charge in [0, 0.05) is 0 Å². The van der Waals surface area contributed by atoms with Crippen molar-refractivity contribution >= 4 is 5.97 Å². The predicted molar refractivity (Wildman–Crippen MR) is 36.6 cm³/mol. The number of carboxylic acid groups (broad SMARTS) is 1. The van der Waals surface area contributed by atoms with Gasteiger partial charge in [0.25, 0.3) is 0 Å². The van der Waals surface area contributed by atoms with Gasteiger partial charge in [0.1, 0.15) is 0 Å². The van der Waals surface area contributed by atoms with Crippen LogP contribution in [0.25, 0.3) is 0 Å². The van der Waals surface area contributed by atoms with E-state index in [1.54, 1.807) is 0 Å². The number of carbonyl (C=O) groups is 1. The van der Waals surface area contributed by atoms with Crippen molar-refractivity contribution in [3.8, 4) is 0 Å². The molecule has 0 aliphatic rings. The molecule has 0 aliphatic carbocycles. The van der Waals surface area contributed by atoms with Crippen molar-refractivity contribution in [1.29, 1.82) is 0 Å². The van der Waals surface area contributed by atoms with E-state index >= 15 is 0 Å². The Morgan fingerprint density at radius 1 is 1.58 bits per heavy atom. The number of hydrogen-bond donors (Lipinski definition) is 1. The molecule has 0 radical (unpaired) electrons. The van der Waals surface area contributed by atoms with Gasteiger partial charge >= 0.3 is 12.1 Å². The summed E-state index contributed by atoms with van der Waals surface area (Å²) in [5.74, 6) is -2.84. The SMILES string of the molecule is C=CCC(CC(F)(F)F)C(=O)O. The van der Waals surface area contributed by atoms with E-state index in [9.17, 15) is 18.0 Å². The predicted octanol–water partition coefficient (Wildman–Crippen LogP) is 2.22. The van der Waals surface area contributed by atoms with Gasteiger partial charge in [0.15, 0.2) is 0 Å². The van der Waals surface area contributed by atoms with E-state index in [-0.39, 0.29) is 6.42 Å². The normalized spacial score (nSPS) is 13.9. The van der Waals surface area contributed by atoms with E-state index in [0.717, 1.165) is 0 Å². The summed E-state index contributed by atoms with van der Waals surface area (Å²) >= 11 is 0. The van der Waals surface area contributed by atoms with Gasteiger partial charge in [-0.3, -0.25) is 4.79 Å². The molecule has 0 aromatic rings. The number of aliphatic carboxylic acids is 1. The van der Waals surface area contributed by atoms with Crippen LogP contribution in [0.4, 0.5) is 13.2 Å². The quantitative estimate of drug-likeness (QED) is 0.677. The Morgan fingerprint density at radius 2 is 2.08 bits per heavy atom. The minimum Gasteiger partial charge on any atom is -0.481 e. The highest BCUT2D eigenvalue weighted by Gasteiger charge is 2.34. The lowest BCUT2D eigenvalue weighted by atomic mass is 10.0. The summed E-state index contributed by atoms with van der Waals surface area (Å²) in [4.78, 5) is 10.2. The van der Waals surface area contributed by atoms with E-state index < -0.39 is 24.5 Å². The summed E-state index contributed by atoms with van der Waals surface area (Å²) in [7, 11) is 0. The fourth-order valence-corrected chi connectivity index (χ4v) is 0.752. The molecule has 1 unspecified atom stereocenters.